The molecule has 2 aromatic carbocycles. The Bertz CT molecular complexity index is 752. The van der Waals surface area contributed by atoms with Crippen molar-refractivity contribution in [2.45, 2.75) is 26.6 Å². The zero-order valence-corrected chi connectivity index (χ0v) is 13.5. The average molecular weight is 280 g/mol. The van der Waals surface area contributed by atoms with Crippen LogP contribution >= 0.6 is 0 Å². The minimum absolute atomic E-state index is 1.14. The third kappa shape index (κ3) is 2.08. The van der Waals surface area contributed by atoms with Gasteiger partial charge in [0.25, 0.3) is 0 Å². The highest BCUT2D eigenvalue weighted by atomic mass is 28.3. The number of fused-ring (bicyclic) bond motifs is 1. The molecule has 0 N–H and O–H groups in total. The van der Waals surface area contributed by atoms with Gasteiger partial charge in [0.1, 0.15) is 8.07 Å². The molecule has 102 valence electrons. The summed E-state index contributed by atoms with van der Waals surface area (Å²) in [6.45, 7) is 9.22. The van der Waals surface area contributed by atoms with Crippen LogP contribution in [-0.4, -0.2) is 17.9 Å². The molecule has 2 nitrogen and oxygen atoms in total. The Morgan fingerprint density at radius 1 is 0.900 bits per heavy atom. The lowest BCUT2D eigenvalue weighted by atomic mass is 10.1. The number of aromatic nitrogens is 2. The van der Waals surface area contributed by atoms with Crippen LogP contribution in [0.2, 0.25) is 19.6 Å². The normalized spacial score (nSPS) is 12.0. The first-order valence-corrected chi connectivity index (χ1v) is 10.5. The van der Waals surface area contributed by atoms with Crippen LogP contribution in [0.4, 0.5) is 0 Å². The molecule has 0 aliphatic rings. The number of aryl methyl sites for hydroxylation is 1. The summed E-state index contributed by atoms with van der Waals surface area (Å²) in [5, 5.41) is 7.57. The Hall–Kier alpha value is -1.87. The summed E-state index contributed by atoms with van der Waals surface area (Å²) < 4.78 is 2.11. The molecular formula is C17H20N2Si. The number of para-hydroxylation sites is 2. The molecule has 0 spiro atoms. The molecule has 3 aromatic rings. The first-order chi connectivity index (χ1) is 9.48. The van der Waals surface area contributed by atoms with Gasteiger partial charge < -0.3 is 0 Å². The largest absolute Gasteiger partial charge is 0.233 e. The van der Waals surface area contributed by atoms with Crippen molar-refractivity contribution in [1.29, 1.82) is 0 Å². The van der Waals surface area contributed by atoms with Crippen molar-refractivity contribution in [3.8, 4) is 5.69 Å². The Morgan fingerprint density at radius 3 is 2.25 bits per heavy atom. The van der Waals surface area contributed by atoms with Crippen LogP contribution < -0.4 is 5.32 Å². The van der Waals surface area contributed by atoms with E-state index in [1.807, 2.05) is 6.07 Å². The van der Waals surface area contributed by atoms with E-state index < -0.39 is 8.07 Å². The molecule has 0 saturated carbocycles. The number of rotatable bonds is 2. The summed E-state index contributed by atoms with van der Waals surface area (Å²) in [6, 6.07) is 16.9. The molecule has 0 fully saturated rings. The standard InChI is InChI=1S/C17H20N2Si/c1-13-9-8-12-15-16(13)19(14-10-6-5-7-11-14)18-17(15)20(2,3)4/h5-12H,1-4H3. The van der Waals surface area contributed by atoms with E-state index in [0.717, 1.165) is 5.69 Å². The van der Waals surface area contributed by atoms with E-state index in [1.54, 1.807) is 0 Å². The minimum atomic E-state index is -1.46. The van der Waals surface area contributed by atoms with Crippen molar-refractivity contribution >= 4 is 24.3 Å². The fraction of sp³-hybridized carbons (Fsp3) is 0.235. The van der Waals surface area contributed by atoms with E-state index in [4.69, 9.17) is 5.10 Å². The van der Waals surface area contributed by atoms with Gasteiger partial charge in [0, 0.05) is 5.39 Å². The Balaban J connectivity index is 2.39. The van der Waals surface area contributed by atoms with Gasteiger partial charge in [-0.1, -0.05) is 56.0 Å². The first-order valence-electron chi connectivity index (χ1n) is 7.03. The topological polar surface area (TPSA) is 17.8 Å². The van der Waals surface area contributed by atoms with Gasteiger partial charge in [-0.2, -0.15) is 5.10 Å². The van der Waals surface area contributed by atoms with Gasteiger partial charge in [-0.25, -0.2) is 4.68 Å². The highest BCUT2D eigenvalue weighted by molar-refractivity contribution is 6.89. The molecule has 0 bridgehead atoms. The lowest BCUT2D eigenvalue weighted by Gasteiger charge is -2.12. The summed E-state index contributed by atoms with van der Waals surface area (Å²) in [4.78, 5) is 0. The van der Waals surface area contributed by atoms with Crippen LogP contribution in [0.25, 0.3) is 16.6 Å². The molecule has 3 rings (SSSR count). The quantitative estimate of drug-likeness (QED) is 0.651. The van der Waals surface area contributed by atoms with Gasteiger partial charge in [0.2, 0.25) is 0 Å². The summed E-state index contributed by atoms with van der Waals surface area (Å²) in [7, 11) is -1.46. The number of nitrogens with zero attached hydrogens (tertiary/aromatic N) is 2. The molecule has 1 aromatic heterocycles. The second-order valence-electron chi connectivity index (χ2n) is 6.32. The summed E-state index contributed by atoms with van der Waals surface area (Å²) in [5.74, 6) is 0. The lowest BCUT2D eigenvalue weighted by molar-refractivity contribution is 0.918. The van der Waals surface area contributed by atoms with Crippen molar-refractivity contribution in [3.63, 3.8) is 0 Å². The summed E-state index contributed by atoms with van der Waals surface area (Å²) in [6.07, 6.45) is 0. The van der Waals surface area contributed by atoms with Gasteiger partial charge in [-0.15, -0.1) is 0 Å². The second kappa shape index (κ2) is 4.60. The molecule has 1 heterocycles. The fourth-order valence-corrected chi connectivity index (χ4v) is 4.05. The summed E-state index contributed by atoms with van der Waals surface area (Å²) >= 11 is 0. The van der Waals surface area contributed by atoms with Gasteiger partial charge in [0.05, 0.1) is 16.5 Å². The molecule has 0 unspecified atom stereocenters. The van der Waals surface area contributed by atoms with Crippen molar-refractivity contribution in [3.05, 3.63) is 54.1 Å². The monoisotopic (exact) mass is 280 g/mol. The number of hydrogen-bond acceptors (Lipinski definition) is 1. The SMILES string of the molecule is Cc1cccc2c([Si](C)(C)C)nn(-c3ccccc3)c12. The Labute approximate surface area is 121 Å². The van der Waals surface area contributed by atoms with Crippen molar-refractivity contribution < 1.29 is 0 Å². The van der Waals surface area contributed by atoms with Crippen LogP contribution in [0, 0.1) is 6.92 Å². The van der Waals surface area contributed by atoms with Crippen molar-refractivity contribution in [2.75, 3.05) is 0 Å². The van der Waals surface area contributed by atoms with E-state index in [1.165, 1.54) is 21.8 Å². The molecule has 0 saturated heterocycles. The zero-order chi connectivity index (χ0) is 14.3. The highest BCUT2D eigenvalue weighted by Crippen LogP contribution is 2.22. The third-order valence-corrected chi connectivity index (χ3v) is 5.41. The maximum Gasteiger partial charge on any atom is 0.104 e. The molecule has 0 atom stereocenters. The Kier molecular flexibility index (Phi) is 3.02. The van der Waals surface area contributed by atoms with E-state index in [2.05, 4.69) is 73.7 Å². The molecule has 0 amide bonds. The van der Waals surface area contributed by atoms with Crippen LogP contribution in [0.3, 0.4) is 0 Å². The molecule has 0 aliphatic heterocycles. The summed E-state index contributed by atoms with van der Waals surface area (Å²) in [5.41, 5.74) is 3.66. The first kappa shape index (κ1) is 13.1. The van der Waals surface area contributed by atoms with Crippen LogP contribution in [-0.2, 0) is 0 Å². The van der Waals surface area contributed by atoms with Crippen molar-refractivity contribution in [2.24, 2.45) is 0 Å². The van der Waals surface area contributed by atoms with Gasteiger partial charge in [-0.05, 0) is 24.6 Å². The second-order valence-corrected chi connectivity index (χ2v) is 11.3. The van der Waals surface area contributed by atoms with Crippen LogP contribution in [0.1, 0.15) is 5.56 Å². The maximum absolute atomic E-state index is 4.97. The number of hydrogen-bond donors (Lipinski definition) is 0. The van der Waals surface area contributed by atoms with E-state index in [0.29, 0.717) is 0 Å². The van der Waals surface area contributed by atoms with E-state index in [-0.39, 0.29) is 0 Å². The van der Waals surface area contributed by atoms with Crippen molar-refractivity contribution in [1.82, 2.24) is 9.78 Å². The van der Waals surface area contributed by atoms with Crippen LogP contribution in [0.15, 0.2) is 48.5 Å². The Morgan fingerprint density at radius 2 is 1.60 bits per heavy atom. The molecule has 3 heteroatoms. The van der Waals surface area contributed by atoms with Gasteiger partial charge in [0.15, 0.2) is 0 Å². The van der Waals surface area contributed by atoms with Gasteiger partial charge >= 0.3 is 0 Å². The lowest BCUT2D eigenvalue weighted by Crippen LogP contribution is -2.39. The molecule has 0 radical (unpaired) electrons. The molecular weight excluding hydrogens is 260 g/mol. The van der Waals surface area contributed by atoms with E-state index in [9.17, 15) is 0 Å². The smallest absolute Gasteiger partial charge is 0.104 e. The number of benzene rings is 2. The molecule has 20 heavy (non-hydrogen) atoms. The predicted molar refractivity (Wildman–Crippen MR) is 88.8 cm³/mol. The minimum Gasteiger partial charge on any atom is -0.233 e. The fourth-order valence-electron chi connectivity index (χ4n) is 2.65. The van der Waals surface area contributed by atoms with Crippen LogP contribution in [0.5, 0.6) is 0 Å². The van der Waals surface area contributed by atoms with E-state index >= 15 is 0 Å². The predicted octanol–water partition coefficient (Wildman–Crippen LogP) is 3.88. The van der Waals surface area contributed by atoms with Gasteiger partial charge in [-0.3, -0.25) is 0 Å². The third-order valence-electron chi connectivity index (χ3n) is 3.62. The highest BCUT2D eigenvalue weighted by Gasteiger charge is 2.25. The maximum atomic E-state index is 4.97. The zero-order valence-electron chi connectivity index (χ0n) is 12.5. The average Bonchev–Trinajstić information content (AvgIpc) is 2.81. The molecule has 0 aliphatic carbocycles.